The van der Waals surface area contributed by atoms with Crippen LogP contribution in [0.25, 0.3) is 10.2 Å². The second-order valence-corrected chi connectivity index (χ2v) is 10.5. The third-order valence-corrected chi connectivity index (χ3v) is 8.26. The second kappa shape index (κ2) is 9.13. The van der Waals surface area contributed by atoms with Crippen molar-refractivity contribution >= 4 is 49.9 Å². The monoisotopic (exact) mass is 441 g/mol. The maximum absolute atomic E-state index is 5.73. The Morgan fingerprint density at radius 3 is 2.45 bits per heavy atom. The molecule has 0 atom stereocenters. The lowest BCUT2D eigenvalue weighted by Gasteiger charge is -2.36. The third-order valence-electron chi connectivity index (χ3n) is 5.51. The van der Waals surface area contributed by atoms with Crippen molar-refractivity contribution < 1.29 is 0 Å². The minimum atomic E-state index is 0.861. The van der Waals surface area contributed by atoms with Gasteiger partial charge in [-0.05, 0) is 49.6 Å². The van der Waals surface area contributed by atoms with E-state index >= 15 is 0 Å². The highest BCUT2D eigenvalue weighted by molar-refractivity contribution is 8.22. The lowest BCUT2D eigenvalue weighted by atomic mass is 9.99. The summed E-state index contributed by atoms with van der Waals surface area (Å²) >= 11 is 9.25. The number of thiazole rings is 1. The van der Waals surface area contributed by atoms with Crippen LogP contribution < -0.4 is 0 Å². The van der Waals surface area contributed by atoms with E-state index in [2.05, 4.69) is 60.9 Å². The summed E-state index contributed by atoms with van der Waals surface area (Å²) in [6.45, 7) is 11.8. The largest absolute Gasteiger partial charge is 0.355 e. The van der Waals surface area contributed by atoms with Crippen LogP contribution in [0.2, 0.25) is 0 Å². The molecule has 2 aromatic carbocycles. The molecule has 3 aromatic rings. The first-order valence-corrected chi connectivity index (χ1v) is 12.3. The van der Waals surface area contributed by atoms with Crippen LogP contribution in [-0.4, -0.2) is 45.3 Å². The molecule has 0 bridgehead atoms. The molecule has 29 heavy (non-hydrogen) atoms. The van der Waals surface area contributed by atoms with Crippen molar-refractivity contribution in [2.45, 2.75) is 33.1 Å². The molecule has 0 radical (unpaired) electrons. The predicted molar refractivity (Wildman–Crippen MR) is 131 cm³/mol. The number of rotatable bonds is 4. The Morgan fingerprint density at radius 1 is 1.07 bits per heavy atom. The molecule has 3 nitrogen and oxygen atoms in total. The molecule has 1 aliphatic heterocycles. The summed E-state index contributed by atoms with van der Waals surface area (Å²) in [4.78, 5) is 9.64. The number of piperazine rings is 1. The summed E-state index contributed by atoms with van der Waals surface area (Å²) in [6.07, 6.45) is 0. The predicted octanol–water partition coefficient (Wildman–Crippen LogP) is 5.56. The number of aromatic nitrogens is 1. The van der Waals surface area contributed by atoms with Crippen LogP contribution in [0.3, 0.4) is 0 Å². The molecule has 1 aliphatic rings. The van der Waals surface area contributed by atoms with Gasteiger partial charge in [-0.2, -0.15) is 0 Å². The van der Waals surface area contributed by atoms with E-state index in [0.29, 0.717) is 0 Å². The first-order chi connectivity index (χ1) is 14.0. The zero-order chi connectivity index (χ0) is 20.4. The van der Waals surface area contributed by atoms with Crippen molar-refractivity contribution in [3.8, 4) is 0 Å². The van der Waals surface area contributed by atoms with Crippen molar-refractivity contribution in [2.24, 2.45) is 0 Å². The average molecular weight is 442 g/mol. The molecule has 2 heterocycles. The molecule has 0 spiro atoms. The van der Waals surface area contributed by atoms with E-state index in [1.165, 1.54) is 27.0 Å². The zero-order valence-corrected chi connectivity index (χ0v) is 19.7. The highest BCUT2D eigenvalue weighted by Crippen LogP contribution is 2.26. The summed E-state index contributed by atoms with van der Waals surface area (Å²) in [5.74, 6) is 0.861. The first kappa shape index (κ1) is 20.8. The Bertz CT molecular complexity index is 963. The number of benzene rings is 2. The van der Waals surface area contributed by atoms with Crippen molar-refractivity contribution in [3.05, 3.63) is 63.7 Å². The quantitative estimate of drug-likeness (QED) is 0.492. The maximum atomic E-state index is 5.73. The first-order valence-electron chi connectivity index (χ1n) is 10.0. The van der Waals surface area contributed by atoms with Crippen LogP contribution >= 0.6 is 35.3 Å². The molecule has 0 amide bonds. The number of thioether (sulfide) groups is 1. The van der Waals surface area contributed by atoms with Crippen LogP contribution in [0.5, 0.6) is 0 Å². The van der Waals surface area contributed by atoms with Gasteiger partial charge in [-0.15, -0.1) is 11.3 Å². The van der Waals surface area contributed by atoms with Crippen molar-refractivity contribution in [3.63, 3.8) is 0 Å². The summed E-state index contributed by atoms with van der Waals surface area (Å²) in [7, 11) is 0. The molecule has 6 heteroatoms. The van der Waals surface area contributed by atoms with Gasteiger partial charge in [-0.25, -0.2) is 4.98 Å². The molecule has 1 fully saturated rings. The molecular weight excluding hydrogens is 414 g/mol. The Balaban J connectivity index is 1.28. The fourth-order valence-electron chi connectivity index (χ4n) is 3.97. The molecule has 152 valence electrons. The van der Waals surface area contributed by atoms with Crippen LogP contribution in [0.1, 0.15) is 27.3 Å². The van der Waals surface area contributed by atoms with E-state index < -0.39 is 0 Å². The van der Waals surface area contributed by atoms with Gasteiger partial charge >= 0.3 is 0 Å². The smallest absolute Gasteiger partial charge is 0.136 e. The van der Waals surface area contributed by atoms with E-state index in [-0.39, 0.29) is 0 Å². The van der Waals surface area contributed by atoms with Gasteiger partial charge < -0.3 is 4.90 Å². The minimum absolute atomic E-state index is 0.861. The lowest BCUT2D eigenvalue weighted by Crippen LogP contribution is -2.47. The fraction of sp³-hybridized carbons (Fsp3) is 0.391. The third kappa shape index (κ3) is 5.00. The lowest BCUT2D eigenvalue weighted by molar-refractivity contribution is 0.178. The van der Waals surface area contributed by atoms with Crippen molar-refractivity contribution in [1.82, 2.24) is 14.8 Å². The number of hydrogen-bond donors (Lipinski definition) is 0. The normalized spacial score (nSPS) is 15.2. The number of aryl methyl sites for hydroxylation is 3. The molecule has 0 saturated carbocycles. The standard InChI is InChI=1S/C23H27N3S3/c1-16-12-17(2)19(18(3)13-16)14-25-8-10-26(11-9-25)23(27)28-15-22-24-20-6-4-5-7-21(20)29-22/h4-7,12-13H,8-11,14-15H2,1-3H3. The van der Waals surface area contributed by atoms with Gasteiger partial charge in [0, 0.05) is 32.7 Å². The number of para-hydroxylation sites is 1. The Hall–Kier alpha value is -1.47. The summed E-state index contributed by atoms with van der Waals surface area (Å²) in [5.41, 5.74) is 6.74. The second-order valence-electron chi connectivity index (χ2n) is 7.77. The Morgan fingerprint density at radius 2 is 1.76 bits per heavy atom. The summed E-state index contributed by atoms with van der Waals surface area (Å²) in [6, 6.07) is 12.9. The van der Waals surface area contributed by atoms with Gasteiger partial charge in [0.25, 0.3) is 0 Å². The zero-order valence-electron chi connectivity index (χ0n) is 17.3. The summed E-state index contributed by atoms with van der Waals surface area (Å²) in [5, 5.41) is 1.16. The van der Waals surface area contributed by atoms with Crippen LogP contribution in [0, 0.1) is 20.8 Å². The molecule has 4 rings (SSSR count). The number of hydrogen-bond acceptors (Lipinski definition) is 5. The number of nitrogens with zero attached hydrogens (tertiary/aromatic N) is 3. The highest BCUT2D eigenvalue weighted by Gasteiger charge is 2.20. The molecule has 0 unspecified atom stereocenters. The van der Waals surface area contributed by atoms with Gasteiger partial charge in [0.15, 0.2) is 0 Å². The molecule has 1 aromatic heterocycles. The number of fused-ring (bicyclic) bond motifs is 1. The van der Waals surface area contributed by atoms with Crippen LogP contribution in [-0.2, 0) is 12.3 Å². The Labute approximate surface area is 187 Å². The van der Waals surface area contributed by atoms with E-state index in [1.807, 2.05) is 6.07 Å². The fourth-order valence-corrected chi connectivity index (χ4v) is 6.18. The molecular formula is C23H27N3S3. The molecule has 0 aliphatic carbocycles. The number of thiocarbonyl (C=S) groups is 1. The van der Waals surface area contributed by atoms with Gasteiger partial charge in [-0.1, -0.05) is 53.8 Å². The summed E-state index contributed by atoms with van der Waals surface area (Å²) < 4.78 is 2.26. The van der Waals surface area contributed by atoms with Crippen molar-refractivity contribution in [1.29, 1.82) is 0 Å². The van der Waals surface area contributed by atoms with E-state index in [4.69, 9.17) is 17.2 Å². The SMILES string of the molecule is Cc1cc(C)c(CN2CCN(C(=S)SCc3nc4ccccc4s3)CC2)c(C)c1. The minimum Gasteiger partial charge on any atom is -0.355 e. The van der Waals surface area contributed by atoms with Gasteiger partial charge in [0.1, 0.15) is 9.33 Å². The maximum Gasteiger partial charge on any atom is 0.136 e. The highest BCUT2D eigenvalue weighted by atomic mass is 32.2. The van der Waals surface area contributed by atoms with E-state index in [9.17, 15) is 0 Å². The van der Waals surface area contributed by atoms with E-state index in [0.717, 1.165) is 53.3 Å². The van der Waals surface area contributed by atoms with Crippen LogP contribution in [0.4, 0.5) is 0 Å². The Kier molecular flexibility index (Phi) is 6.54. The average Bonchev–Trinajstić information content (AvgIpc) is 3.12. The van der Waals surface area contributed by atoms with Gasteiger partial charge in [0.05, 0.1) is 16.0 Å². The molecule has 1 saturated heterocycles. The van der Waals surface area contributed by atoms with Crippen LogP contribution in [0.15, 0.2) is 36.4 Å². The van der Waals surface area contributed by atoms with Crippen molar-refractivity contribution in [2.75, 3.05) is 26.2 Å². The van der Waals surface area contributed by atoms with E-state index in [1.54, 1.807) is 23.1 Å². The topological polar surface area (TPSA) is 19.4 Å². The van der Waals surface area contributed by atoms with Gasteiger partial charge in [0.2, 0.25) is 0 Å². The van der Waals surface area contributed by atoms with Gasteiger partial charge in [-0.3, -0.25) is 4.90 Å². The molecule has 0 N–H and O–H groups in total.